The molecule has 0 bridgehead atoms. The highest BCUT2D eigenvalue weighted by molar-refractivity contribution is 6.31. The number of halogens is 1. The molecule has 1 amide bonds. The summed E-state index contributed by atoms with van der Waals surface area (Å²) in [6, 6.07) is 8.48. The number of nitrogens with one attached hydrogen (secondary N) is 1. The summed E-state index contributed by atoms with van der Waals surface area (Å²) in [6.07, 6.45) is 5.23. The van der Waals surface area contributed by atoms with Crippen molar-refractivity contribution in [2.24, 2.45) is 5.84 Å². The largest absolute Gasteiger partial charge is 0.505 e. The third-order valence-electron chi connectivity index (χ3n) is 5.65. The molecule has 0 saturated heterocycles. The van der Waals surface area contributed by atoms with Gasteiger partial charge < -0.3 is 5.11 Å². The SMILES string of the molecule is CC1(c2cc(C(=O)NN)cc(-n3nc4ccc(Cl)cc4n3)c2O)CCCCC1. The molecule has 1 saturated carbocycles. The Hall–Kier alpha value is -2.64. The van der Waals surface area contributed by atoms with Gasteiger partial charge in [0.2, 0.25) is 0 Å². The van der Waals surface area contributed by atoms with E-state index in [0.29, 0.717) is 27.3 Å². The Kier molecular flexibility index (Phi) is 4.72. The van der Waals surface area contributed by atoms with Gasteiger partial charge >= 0.3 is 0 Å². The van der Waals surface area contributed by atoms with Crippen molar-refractivity contribution < 1.29 is 9.90 Å². The standard InChI is InChI=1S/C20H22ClN5O2/c1-20(7-3-2-4-8-20)14-9-12(19(28)23-22)10-17(18(14)27)26-24-15-6-5-13(21)11-16(15)25-26/h5-6,9-11,27H,2-4,7-8,22H2,1H3,(H,23,28). The fourth-order valence-electron chi connectivity index (χ4n) is 4.04. The van der Waals surface area contributed by atoms with E-state index in [1.54, 1.807) is 30.3 Å². The summed E-state index contributed by atoms with van der Waals surface area (Å²) >= 11 is 6.04. The minimum atomic E-state index is -0.429. The Morgan fingerprint density at radius 2 is 1.89 bits per heavy atom. The third-order valence-corrected chi connectivity index (χ3v) is 5.88. The second-order valence-electron chi connectivity index (χ2n) is 7.61. The number of aromatic nitrogens is 3. The molecule has 1 aliphatic carbocycles. The van der Waals surface area contributed by atoms with Crippen molar-refractivity contribution in [1.82, 2.24) is 20.4 Å². The molecule has 0 atom stereocenters. The number of rotatable bonds is 3. The molecule has 2 aromatic carbocycles. The van der Waals surface area contributed by atoms with Crippen LogP contribution in [0.1, 0.15) is 54.9 Å². The van der Waals surface area contributed by atoms with Gasteiger partial charge in [0.05, 0.1) is 0 Å². The quantitative estimate of drug-likeness (QED) is 0.354. The van der Waals surface area contributed by atoms with Gasteiger partial charge in [-0.1, -0.05) is 37.8 Å². The van der Waals surface area contributed by atoms with Crippen LogP contribution in [0.15, 0.2) is 30.3 Å². The number of benzene rings is 2. The molecule has 4 rings (SSSR count). The molecule has 1 heterocycles. The van der Waals surface area contributed by atoms with Crippen molar-refractivity contribution >= 4 is 28.5 Å². The number of carbonyl (C=O) groups excluding carboxylic acids is 1. The molecule has 0 aliphatic heterocycles. The number of nitrogens with two attached hydrogens (primary N) is 1. The maximum absolute atomic E-state index is 12.3. The van der Waals surface area contributed by atoms with Gasteiger partial charge in [0.15, 0.2) is 0 Å². The molecule has 146 valence electrons. The number of amides is 1. The van der Waals surface area contributed by atoms with Gasteiger partial charge in [-0.3, -0.25) is 10.2 Å². The summed E-state index contributed by atoms with van der Waals surface area (Å²) in [6.45, 7) is 2.13. The second kappa shape index (κ2) is 7.07. The number of hydrazine groups is 1. The zero-order valence-corrected chi connectivity index (χ0v) is 16.3. The molecule has 1 fully saturated rings. The maximum atomic E-state index is 12.3. The smallest absolute Gasteiger partial charge is 0.265 e. The van der Waals surface area contributed by atoms with Crippen LogP contribution in [0.4, 0.5) is 0 Å². The lowest BCUT2D eigenvalue weighted by molar-refractivity contribution is 0.0953. The highest BCUT2D eigenvalue weighted by Crippen LogP contribution is 2.45. The molecule has 8 heteroatoms. The Morgan fingerprint density at radius 1 is 1.18 bits per heavy atom. The van der Waals surface area contributed by atoms with Gasteiger partial charge in [0.25, 0.3) is 5.91 Å². The van der Waals surface area contributed by atoms with E-state index in [1.165, 1.54) is 11.2 Å². The lowest BCUT2D eigenvalue weighted by atomic mass is 9.70. The molecule has 1 aliphatic rings. The minimum absolute atomic E-state index is 0.0874. The second-order valence-corrected chi connectivity index (χ2v) is 8.05. The number of nitrogens with zero attached hydrogens (tertiary/aromatic N) is 3. The van der Waals surface area contributed by atoms with Crippen molar-refractivity contribution in [1.29, 1.82) is 0 Å². The molecular formula is C20H22ClN5O2. The summed E-state index contributed by atoms with van der Waals surface area (Å²) in [5, 5.41) is 20.6. The van der Waals surface area contributed by atoms with Crippen LogP contribution in [0.2, 0.25) is 5.02 Å². The van der Waals surface area contributed by atoms with E-state index in [4.69, 9.17) is 17.4 Å². The van der Waals surface area contributed by atoms with E-state index in [1.807, 2.05) is 0 Å². The van der Waals surface area contributed by atoms with Gasteiger partial charge in [0, 0.05) is 16.1 Å². The lowest BCUT2D eigenvalue weighted by Gasteiger charge is -2.35. The molecular weight excluding hydrogens is 378 g/mol. The maximum Gasteiger partial charge on any atom is 0.265 e. The van der Waals surface area contributed by atoms with Gasteiger partial charge in [-0.15, -0.1) is 15.0 Å². The molecule has 7 nitrogen and oxygen atoms in total. The highest BCUT2D eigenvalue weighted by Gasteiger charge is 2.33. The zero-order valence-electron chi connectivity index (χ0n) is 15.6. The van der Waals surface area contributed by atoms with E-state index in [0.717, 1.165) is 31.2 Å². The van der Waals surface area contributed by atoms with Crippen LogP contribution in [0.5, 0.6) is 5.75 Å². The van der Waals surface area contributed by atoms with Crippen LogP contribution >= 0.6 is 11.6 Å². The molecule has 0 unspecified atom stereocenters. The van der Waals surface area contributed by atoms with Gasteiger partial charge in [-0.25, -0.2) is 5.84 Å². The number of hydrogen-bond acceptors (Lipinski definition) is 5. The van der Waals surface area contributed by atoms with Gasteiger partial charge in [-0.05, 0) is 48.6 Å². The summed E-state index contributed by atoms with van der Waals surface area (Å²) in [5.41, 5.74) is 4.61. The number of aromatic hydroxyl groups is 1. The topological polar surface area (TPSA) is 106 Å². The van der Waals surface area contributed by atoms with Crippen molar-refractivity contribution in [2.75, 3.05) is 0 Å². The normalized spacial score (nSPS) is 16.2. The molecule has 4 N–H and O–H groups in total. The third kappa shape index (κ3) is 3.21. The van der Waals surface area contributed by atoms with E-state index in [9.17, 15) is 9.90 Å². The number of nitrogen functional groups attached to an aromatic ring is 1. The van der Waals surface area contributed by atoms with Crippen molar-refractivity contribution in [3.63, 3.8) is 0 Å². The van der Waals surface area contributed by atoms with Crippen LogP contribution in [-0.4, -0.2) is 26.0 Å². The lowest BCUT2D eigenvalue weighted by Crippen LogP contribution is -2.31. The summed E-state index contributed by atoms with van der Waals surface area (Å²) in [4.78, 5) is 13.6. The Labute approximate surface area is 167 Å². The first-order valence-electron chi connectivity index (χ1n) is 9.33. The van der Waals surface area contributed by atoms with Gasteiger partial charge in [-0.2, -0.15) is 0 Å². The number of fused-ring (bicyclic) bond motifs is 1. The van der Waals surface area contributed by atoms with Crippen LogP contribution in [0.25, 0.3) is 16.7 Å². The first kappa shape index (κ1) is 18.7. The number of phenolic OH excluding ortho intramolecular Hbond substituents is 1. The predicted molar refractivity (Wildman–Crippen MR) is 108 cm³/mol. The molecule has 0 spiro atoms. The predicted octanol–water partition coefficient (Wildman–Crippen LogP) is 3.60. The average molecular weight is 400 g/mol. The summed E-state index contributed by atoms with van der Waals surface area (Å²) in [7, 11) is 0. The highest BCUT2D eigenvalue weighted by atomic mass is 35.5. The molecule has 1 aromatic heterocycles. The van der Waals surface area contributed by atoms with E-state index >= 15 is 0 Å². The first-order valence-corrected chi connectivity index (χ1v) is 9.70. The average Bonchev–Trinajstić information content (AvgIpc) is 3.10. The minimum Gasteiger partial charge on any atom is -0.505 e. The summed E-state index contributed by atoms with van der Waals surface area (Å²) < 4.78 is 0. The van der Waals surface area contributed by atoms with Crippen LogP contribution in [-0.2, 0) is 5.41 Å². The van der Waals surface area contributed by atoms with Crippen LogP contribution < -0.4 is 11.3 Å². The van der Waals surface area contributed by atoms with Crippen molar-refractivity contribution in [3.05, 3.63) is 46.5 Å². The monoisotopic (exact) mass is 399 g/mol. The van der Waals surface area contributed by atoms with Crippen molar-refractivity contribution in [2.45, 2.75) is 44.4 Å². The van der Waals surface area contributed by atoms with Gasteiger partial charge in [0.1, 0.15) is 22.5 Å². The number of carbonyl (C=O) groups is 1. The van der Waals surface area contributed by atoms with E-state index in [-0.39, 0.29) is 11.2 Å². The number of phenols is 1. The fourth-order valence-corrected chi connectivity index (χ4v) is 4.21. The first-order chi connectivity index (χ1) is 13.4. The molecule has 28 heavy (non-hydrogen) atoms. The molecule has 3 aromatic rings. The van der Waals surface area contributed by atoms with E-state index < -0.39 is 5.91 Å². The zero-order chi connectivity index (χ0) is 19.9. The molecule has 0 radical (unpaired) electrons. The fraction of sp³-hybridized carbons (Fsp3) is 0.350. The van der Waals surface area contributed by atoms with Crippen LogP contribution in [0, 0.1) is 0 Å². The Morgan fingerprint density at radius 3 is 2.61 bits per heavy atom. The Balaban J connectivity index is 1.92. The number of hydrogen-bond donors (Lipinski definition) is 3. The summed E-state index contributed by atoms with van der Waals surface area (Å²) in [5.74, 6) is 5.01. The van der Waals surface area contributed by atoms with Crippen molar-refractivity contribution in [3.8, 4) is 11.4 Å². The van der Waals surface area contributed by atoms with E-state index in [2.05, 4.69) is 22.5 Å². The Bertz CT molecular complexity index is 1060. The van der Waals surface area contributed by atoms with Crippen LogP contribution in [0.3, 0.4) is 0 Å².